The number of pyridine rings is 1. The molecule has 0 N–H and O–H groups in total. The Balaban J connectivity index is 2.34. The van der Waals surface area contributed by atoms with Crippen LogP contribution in [0.2, 0.25) is 0 Å². The molecule has 1 aromatic heterocycles. The van der Waals surface area contributed by atoms with Crippen LogP contribution in [-0.4, -0.2) is 28.9 Å². The van der Waals surface area contributed by atoms with Gasteiger partial charge in [-0.25, -0.2) is 4.98 Å². The highest BCUT2D eigenvalue weighted by Gasteiger charge is 2.39. The average Bonchev–Trinajstić information content (AvgIpc) is 2.57. The summed E-state index contributed by atoms with van der Waals surface area (Å²) >= 11 is 0. The Morgan fingerprint density at radius 2 is 1.88 bits per heavy atom. The van der Waals surface area contributed by atoms with E-state index < -0.39 is 35.1 Å². The summed E-state index contributed by atoms with van der Waals surface area (Å²) in [6.07, 6.45) is -2.51. The number of Topliss-reactive ketones (excluding diaryl/α,β-unsaturated/α-hetero) is 3. The van der Waals surface area contributed by atoms with Gasteiger partial charge in [0.1, 0.15) is 11.6 Å². The normalized spacial score (nSPS) is 16.2. The van der Waals surface area contributed by atoms with Crippen LogP contribution in [0.15, 0.2) is 12.1 Å². The monoisotopic (exact) mass is 371 g/mol. The van der Waals surface area contributed by atoms with Crippen molar-refractivity contribution in [2.75, 3.05) is 6.61 Å². The van der Waals surface area contributed by atoms with Crippen LogP contribution in [-0.2, 0) is 27.1 Å². The minimum atomic E-state index is -4.67. The standard InChI is InChI=1S/C18H20F3NO4/c1-2-3-9-26-10-12-11(7-8-15(22-12)18(19,20)21)17(25)16-13(23)5-4-6-14(16)24/h7-8,16H,2-6,9-10H2,1H3. The Morgan fingerprint density at radius 1 is 1.23 bits per heavy atom. The fourth-order valence-electron chi connectivity index (χ4n) is 2.76. The molecule has 2 rings (SSSR count). The van der Waals surface area contributed by atoms with Crippen molar-refractivity contribution in [3.63, 3.8) is 0 Å². The van der Waals surface area contributed by atoms with Gasteiger partial charge in [-0.2, -0.15) is 13.2 Å². The number of alkyl halides is 3. The zero-order chi connectivity index (χ0) is 19.3. The van der Waals surface area contributed by atoms with Gasteiger partial charge in [-0.1, -0.05) is 13.3 Å². The third kappa shape index (κ3) is 4.75. The second-order valence-corrected chi connectivity index (χ2v) is 6.18. The Labute approximate surface area is 148 Å². The quantitative estimate of drug-likeness (QED) is 0.416. The Bertz CT molecular complexity index is 684. The lowest BCUT2D eigenvalue weighted by atomic mass is 9.81. The summed E-state index contributed by atoms with van der Waals surface area (Å²) < 4.78 is 44.1. The van der Waals surface area contributed by atoms with E-state index in [-0.39, 0.29) is 30.7 Å². The van der Waals surface area contributed by atoms with Gasteiger partial charge < -0.3 is 4.74 Å². The van der Waals surface area contributed by atoms with Crippen LogP contribution < -0.4 is 0 Å². The lowest BCUT2D eigenvalue weighted by Crippen LogP contribution is -2.36. The first kappa shape index (κ1) is 20.2. The van der Waals surface area contributed by atoms with Gasteiger partial charge in [0.15, 0.2) is 17.3 Å². The zero-order valence-electron chi connectivity index (χ0n) is 14.4. The summed E-state index contributed by atoms with van der Waals surface area (Å²) in [6, 6.07) is 1.66. The first-order valence-corrected chi connectivity index (χ1v) is 8.50. The molecule has 0 saturated heterocycles. The molecule has 0 radical (unpaired) electrons. The van der Waals surface area contributed by atoms with E-state index >= 15 is 0 Å². The van der Waals surface area contributed by atoms with Crippen LogP contribution in [0.1, 0.15) is 60.8 Å². The number of aromatic nitrogens is 1. The second-order valence-electron chi connectivity index (χ2n) is 6.18. The third-order valence-corrected chi connectivity index (χ3v) is 4.16. The van der Waals surface area contributed by atoms with E-state index in [1.807, 2.05) is 6.92 Å². The Hall–Kier alpha value is -2.09. The van der Waals surface area contributed by atoms with E-state index in [0.717, 1.165) is 12.5 Å². The number of halogens is 3. The van der Waals surface area contributed by atoms with E-state index in [1.54, 1.807) is 0 Å². The second kappa shape index (κ2) is 8.53. The predicted molar refractivity (Wildman–Crippen MR) is 85.5 cm³/mol. The largest absolute Gasteiger partial charge is 0.433 e. The van der Waals surface area contributed by atoms with Crippen LogP contribution in [0.3, 0.4) is 0 Å². The van der Waals surface area contributed by atoms with Crippen LogP contribution in [0.25, 0.3) is 0 Å². The molecule has 1 aliphatic rings. The summed E-state index contributed by atoms with van der Waals surface area (Å²) in [5.41, 5.74) is -1.51. The fourth-order valence-corrected chi connectivity index (χ4v) is 2.76. The van der Waals surface area contributed by atoms with E-state index in [0.29, 0.717) is 25.5 Å². The highest BCUT2D eigenvalue weighted by Crippen LogP contribution is 2.30. The molecule has 1 fully saturated rings. The Kier molecular flexibility index (Phi) is 6.63. The average molecular weight is 371 g/mol. The van der Waals surface area contributed by atoms with Crippen LogP contribution >= 0.6 is 0 Å². The SMILES string of the molecule is CCCCOCc1nc(C(F)(F)F)ccc1C(=O)C1C(=O)CCCC1=O. The van der Waals surface area contributed by atoms with Gasteiger partial charge >= 0.3 is 6.18 Å². The van der Waals surface area contributed by atoms with E-state index in [2.05, 4.69) is 4.98 Å². The number of ether oxygens (including phenoxy) is 1. The van der Waals surface area contributed by atoms with Gasteiger partial charge in [0, 0.05) is 25.0 Å². The van der Waals surface area contributed by atoms with Crippen molar-refractivity contribution >= 4 is 17.3 Å². The summed E-state index contributed by atoms with van der Waals surface area (Å²) in [7, 11) is 0. The lowest BCUT2D eigenvalue weighted by molar-refractivity contribution is -0.141. The molecule has 142 valence electrons. The topological polar surface area (TPSA) is 73.3 Å². The van der Waals surface area contributed by atoms with E-state index in [4.69, 9.17) is 4.74 Å². The molecule has 5 nitrogen and oxygen atoms in total. The first-order chi connectivity index (χ1) is 12.3. The highest BCUT2D eigenvalue weighted by atomic mass is 19.4. The number of unbranched alkanes of at least 4 members (excludes halogenated alkanes) is 1. The molecule has 26 heavy (non-hydrogen) atoms. The van der Waals surface area contributed by atoms with Crippen molar-refractivity contribution in [3.05, 3.63) is 29.1 Å². The number of ketones is 3. The molecule has 1 aliphatic carbocycles. The van der Waals surface area contributed by atoms with Crippen LogP contribution in [0.4, 0.5) is 13.2 Å². The maximum Gasteiger partial charge on any atom is 0.433 e. The number of carbonyl (C=O) groups excluding carboxylic acids is 3. The van der Waals surface area contributed by atoms with Gasteiger partial charge in [-0.15, -0.1) is 0 Å². The van der Waals surface area contributed by atoms with Gasteiger partial charge in [0.2, 0.25) is 0 Å². The molecule has 1 saturated carbocycles. The van der Waals surface area contributed by atoms with Gasteiger partial charge in [-0.05, 0) is 25.0 Å². The number of rotatable bonds is 7. The van der Waals surface area contributed by atoms with Crippen molar-refractivity contribution in [1.29, 1.82) is 0 Å². The van der Waals surface area contributed by atoms with Crippen molar-refractivity contribution < 1.29 is 32.3 Å². The van der Waals surface area contributed by atoms with Crippen molar-refractivity contribution in [3.8, 4) is 0 Å². The minimum Gasteiger partial charge on any atom is -0.375 e. The summed E-state index contributed by atoms with van der Waals surface area (Å²) in [5.74, 6) is -3.24. The Morgan fingerprint density at radius 3 is 2.46 bits per heavy atom. The maximum atomic E-state index is 12.9. The predicted octanol–water partition coefficient (Wildman–Crippen LogP) is 3.54. The van der Waals surface area contributed by atoms with E-state index in [9.17, 15) is 27.6 Å². The van der Waals surface area contributed by atoms with Crippen molar-refractivity contribution in [2.45, 2.75) is 51.8 Å². The van der Waals surface area contributed by atoms with Gasteiger partial charge in [0.05, 0.1) is 12.3 Å². The molecular formula is C18H20F3NO4. The fraction of sp³-hybridized carbons (Fsp3) is 0.556. The molecule has 0 aliphatic heterocycles. The summed E-state index contributed by atoms with van der Waals surface area (Å²) in [5, 5.41) is 0. The smallest absolute Gasteiger partial charge is 0.375 e. The first-order valence-electron chi connectivity index (χ1n) is 8.50. The number of carbonyl (C=O) groups is 3. The zero-order valence-corrected chi connectivity index (χ0v) is 14.4. The number of nitrogens with zero attached hydrogens (tertiary/aromatic N) is 1. The lowest BCUT2D eigenvalue weighted by Gasteiger charge is -2.20. The van der Waals surface area contributed by atoms with Crippen molar-refractivity contribution in [2.24, 2.45) is 5.92 Å². The number of hydrogen-bond donors (Lipinski definition) is 0. The molecule has 8 heteroatoms. The molecule has 1 aromatic rings. The third-order valence-electron chi connectivity index (χ3n) is 4.16. The summed E-state index contributed by atoms with van der Waals surface area (Å²) in [6.45, 7) is 1.95. The van der Waals surface area contributed by atoms with Crippen LogP contribution in [0.5, 0.6) is 0 Å². The molecule has 0 unspecified atom stereocenters. The summed E-state index contributed by atoms with van der Waals surface area (Å²) in [4.78, 5) is 40.2. The van der Waals surface area contributed by atoms with Gasteiger partial charge in [-0.3, -0.25) is 14.4 Å². The highest BCUT2D eigenvalue weighted by molar-refractivity contribution is 6.25. The molecule has 0 bridgehead atoms. The van der Waals surface area contributed by atoms with E-state index in [1.165, 1.54) is 0 Å². The molecular weight excluding hydrogens is 351 g/mol. The molecule has 0 aromatic carbocycles. The van der Waals surface area contributed by atoms with Crippen molar-refractivity contribution in [1.82, 2.24) is 4.98 Å². The minimum absolute atomic E-state index is 0.110. The molecule has 1 heterocycles. The van der Waals surface area contributed by atoms with Gasteiger partial charge in [0.25, 0.3) is 0 Å². The molecule has 0 amide bonds. The van der Waals surface area contributed by atoms with Crippen LogP contribution in [0, 0.1) is 5.92 Å². The molecule has 0 spiro atoms. The molecule has 0 atom stereocenters. The number of hydrogen-bond acceptors (Lipinski definition) is 5. The maximum absolute atomic E-state index is 12.9.